The Kier molecular flexibility index (Phi) is 4.11. The summed E-state index contributed by atoms with van der Waals surface area (Å²) >= 11 is 0. The summed E-state index contributed by atoms with van der Waals surface area (Å²) in [6.45, 7) is 1.54. The van der Waals surface area contributed by atoms with Gasteiger partial charge in [-0.2, -0.15) is 0 Å². The van der Waals surface area contributed by atoms with E-state index in [0.717, 1.165) is 12.2 Å². The van der Waals surface area contributed by atoms with Gasteiger partial charge in [0.1, 0.15) is 0 Å². The standard InChI is InChI=1S/C14H16N2O/c1-17-11-10-16-14-4-2-12(3-5-14)13-6-8-15-9-7-13/h2-9,16H,10-11H2,1H3. The molecular formula is C14H16N2O. The van der Waals surface area contributed by atoms with Gasteiger partial charge in [-0.05, 0) is 35.4 Å². The van der Waals surface area contributed by atoms with Gasteiger partial charge in [0.05, 0.1) is 6.61 Å². The Labute approximate surface area is 101 Å². The fraction of sp³-hybridized carbons (Fsp3) is 0.214. The maximum absolute atomic E-state index is 4.99. The third-order valence-electron chi connectivity index (χ3n) is 2.53. The second-order valence-corrected chi connectivity index (χ2v) is 3.73. The number of rotatable bonds is 5. The number of benzene rings is 1. The molecule has 1 aromatic carbocycles. The van der Waals surface area contributed by atoms with E-state index in [2.05, 4.69) is 34.6 Å². The fourth-order valence-corrected chi connectivity index (χ4v) is 1.62. The lowest BCUT2D eigenvalue weighted by atomic mass is 10.1. The average Bonchev–Trinajstić information content (AvgIpc) is 2.41. The second-order valence-electron chi connectivity index (χ2n) is 3.73. The molecule has 17 heavy (non-hydrogen) atoms. The summed E-state index contributed by atoms with van der Waals surface area (Å²) in [5, 5.41) is 3.29. The van der Waals surface area contributed by atoms with Crippen LogP contribution in [-0.2, 0) is 4.74 Å². The zero-order valence-corrected chi connectivity index (χ0v) is 9.89. The molecule has 0 saturated heterocycles. The number of anilines is 1. The molecule has 0 bridgehead atoms. The molecule has 0 unspecified atom stereocenters. The smallest absolute Gasteiger partial charge is 0.0635 e. The van der Waals surface area contributed by atoms with Crippen molar-refractivity contribution < 1.29 is 4.74 Å². The molecule has 0 fully saturated rings. The van der Waals surface area contributed by atoms with E-state index in [-0.39, 0.29) is 0 Å². The van der Waals surface area contributed by atoms with E-state index in [1.54, 1.807) is 19.5 Å². The van der Waals surface area contributed by atoms with Crippen LogP contribution in [0.3, 0.4) is 0 Å². The third-order valence-corrected chi connectivity index (χ3v) is 2.53. The monoisotopic (exact) mass is 228 g/mol. The molecule has 0 aliphatic rings. The lowest BCUT2D eigenvalue weighted by molar-refractivity contribution is 0.211. The van der Waals surface area contributed by atoms with Gasteiger partial charge in [-0.15, -0.1) is 0 Å². The molecule has 3 nitrogen and oxygen atoms in total. The van der Waals surface area contributed by atoms with Gasteiger partial charge in [-0.3, -0.25) is 4.98 Å². The van der Waals surface area contributed by atoms with E-state index < -0.39 is 0 Å². The molecule has 0 atom stereocenters. The van der Waals surface area contributed by atoms with Crippen molar-refractivity contribution in [3.05, 3.63) is 48.8 Å². The van der Waals surface area contributed by atoms with Crippen molar-refractivity contribution in [1.29, 1.82) is 0 Å². The normalized spacial score (nSPS) is 10.2. The predicted molar refractivity (Wildman–Crippen MR) is 70.0 cm³/mol. The number of pyridine rings is 1. The first-order chi connectivity index (χ1) is 8.40. The summed E-state index contributed by atoms with van der Waals surface area (Å²) in [6, 6.07) is 12.4. The molecule has 88 valence electrons. The van der Waals surface area contributed by atoms with E-state index in [1.807, 2.05) is 12.1 Å². The van der Waals surface area contributed by atoms with Gasteiger partial charge in [0.15, 0.2) is 0 Å². The zero-order valence-electron chi connectivity index (χ0n) is 9.89. The molecule has 0 radical (unpaired) electrons. The Hall–Kier alpha value is -1.87. The van der Waals surface area contributed by atoms with E-state index in [1.165, 1.54) is 11.1 Å². The van der Waals surface area contributed by atoms with Crippen molar-refractivity contribution in [2.24, 2.45) is 0 Å². The highest BCUT2D eigenvalue weighted by Crippen LogP contribution is 2.20. The molecular weight excluding hydrogens is 212 g/mol. The average molecular weight is 228 g/mol. The van der Waals surface area contributed by atoms with E-state index in [4.69, 9.17) is 4.74 Å². The van der Waals surface area contributed by atoms with Crippen LogP contribution in [0.4, 0.5) is 5.69 Å². The SMILES string of the molecule is COCCNc1ccc(-c2ccncc2)cc1. The Morgan fingerprint density at radius 3 is 2.29 bits per heavy atom. The lowest BCUT2D eigenvalue weighted by Gasteiger charge is -2.07. The quantitative estimate of drug-likeness (QED) is 0.799. The number of methoxy groups -OCH3 is 1. The maximum Gasteiger partial charge on any atom is 0.0635 e. The minimum Gasteiger partial charge on any atom is -0.383 e. The van der Waals surface area contributed by atoms with Gasteiger partial charge < -0.3 is 10.1 Å². The number of aromatic nitrogens is 1. The minimum atomic E-state index is 0.714. The van der Waals surface area contributed by atoms with Crippen molar-refractivity contribution >= 4 is 5.69 Å². The van der Waals surface area contributed by atoms with Crippen LogP contribution >= 0.6 is 0 Å². The molecule has 0 saturated carbocycles. The van der Waals surface area contributed by atoms with Gasteiger partial charge >= 0.3 is 0 Å². The molecule has 3 heteroatoms. The first-order valence-corrected chi connectivity index (χ1v) is 5.63. The van der Waals surface area contributed by atoms with Crippen LogP contribution in [0.25, 0.3) is 11.1 Å². The summed E-state index contributed by atoms with van der Waals surface area (Å²) in [4.78, 5) is 4.01. The molecule has 1 aromatic heterocycles. The Morgan fingerprint density at radius 2 is 1.65 bits per heavy atom. The summed E-state index contributed by atoms with van der Waals surface area (Å²) in [5.74, 6) is 0. The van der Waals surface area contributed by atoms with Crippen LogP contribution < -0.4 is 5.32 Å². The molecule has 0 amide bonds. The second kappa shape index (κ2) is 6.01. The van der Waals surface area contributed by atoms with Crippen molar-refractivity contribution in [1.82, 2.24) is 4.98 Å². The maximum atomic E-state index is 4.99. The lowest BCUT2D eigenvalue weighted by Crippen LogP contribution is -2.07. The van der Waals surface area contributed by atoms with E-state index in [0.29, 0.717) is 6.61 Å². The minimum absolute atomic E-state index is 0.714. The summed E-state index contributed by atoms with van der Waals surface area (Å²) < 4.78 is 4.99. The number of hydrogen-bond acceptors (Lipinski definition) is 3. The van der Waals surface area contributed by atoms with Gasteiger partial charge in [-0.25, -0.2) is 0 Å². The first kappa shape index (κ1) is 11.6. The highest BCUT2D eigenvalue weighted by Gasteiger charge is 1.96. The van der Waals surface area contributed by atoms with Crippen LogP contribution in [0.5, 0.6) is 0 Å². The van der Waals surface area contributed by atoms with Gasteiger partial charge in [0, 0.05) is 31.7 Å². The topological polar surface area (TPSA) is 34.1 Å². The molecule has 1 heterocycles. The highest BCUT2D eigenvalue weighted by atomic mass is 16.5. The molecule has 0 spiro atoms. The van der Waals surface area contributed by atoms with Gasteiger partial charge in [0.2, 0.25) is 0 Å². The van der Waals surface area contributed by atoms with Crippen molar-refractivity contribution in [2.75, 3.05) is 25.6 Å². The highest BCUT2D eigenvalue weighted by molar-refractivity contribution is 5.65. The van der Waals surface area contributed by atoms with Crippen molar-refractivity contribution in [2.45, 2.75) is 0 Å². The van der Waals surface area contributed by atoms with Crippen LogP contribution in [0.1, 0.15) is 0 Å². The molecule has 2 rings (SSSR count). The Bertz CT molecular complexity index is 440. The molecule has 0 aliphatic heterocycles. The number of nitrogens with zero attached hydrogens (tertiary/aromatic N) is 1. The van der Waals surface area contributed by atoms with Crippen molar-refractivity contribution in [3.8, 4) is 11.1 Å². The third kappa shape index (κ3) is 3.29. The Balaban J connectivity index is 2.03. The van der Waals surface area contributed by atoms with Gasteiger partial charge in [0.25, 0.3) is 0 Å². The summed E-state index contributed by atoms with van der Waals surface area (Å²) in [5.41, 5.74) is 3.49. The van der Waals surface area contributed by atoms with Gasteiger partial charge in [-0.1, -0.05) is 12.1 Å². The number of ether oxygens (including phenoxy) is 1. The predicted octanol–water partition coefficient (Wildman–Crippen LogP) is 2.81. The summed E-state index contributed by atoms with van der Waals surface area (Å²) in [6.07, 6.45) is 3.61. The van der Waals surface area contributed by atoms with E-state index >= 15 is 0 Å². The first-order valence-electron chi connectivity index (χ1n) is 5.63. The number of hydrogen-bond donors (Lipinski definition) is 1. The van der Waals surface area contributed by atoms with Crippen molar-refractivity contribution in [3.63, 3.8) is 0 Å². The molecule has 0 aliphatic carbocycles. The van der Waals surface area contributed by atoms with Crippen LogP contribution in [0, 0.1) is 0 Å². The largest absolute Gasteiger partial charge is 0.383 e. The van der Waals surface area contributed by atoms with Crippen LogP contribution in [-0.4, -0.2) is 25.2 Å². The number of nitrogens with one attached hydrogen (secondary N) is 1. The summed E-state index contributed by atoms with van der Waals surface area (Å²) in [7, 11) is 1.70. The fourth-order valence-electron chi connectivity index (χ4n) is 1.62. The molecule has 1 N–H and O–H groups in total. The van der Waals surface area contributed by atoms with E-state index in [9.17, 15) is 0 Å². The molecule has 2 aromatic rings. The van der Waals surface area contributed by atoms with Crippen LogP contribution in [0.2, 0.25) is 0 Å². The Morgan fingerprint density at radius 1 is 1.00 bits per heavy atom. The van der Waals surface area contributed by atoms with Crippen LogP contribution in [0.15, 0.2) is 48.8 Å². The zero-order chi connectivity index (χ0) is 11.9.